The van der Waals surface area contributed by atoms with Crippen LogP contribution in [0.25, 0.3) is 11.2 Å². The van der Waals surface area contributed by atoms with Crippen LogP contribution in [-0.2, 0) is 6.54 Å². The van der Waals surface area contributed by atoms with Crippen molar-refractivity contribution in [3.05, 3.63) is 51.0 Å². The zero-order valence-electron chi connectivity index (χ0n) is 12.6. The second-order valence-electron chi connectivity index (χ2n) is 5.11. The molecule has 0 aliphatic carbocycles. The molecule has 2 aromatic heterocycles. The van der Waals surface area contributed by atoms with E-state index in [1.165, 1.54) is 22.4 Å². The number of rotatable bonds is 5. The minimum Gasteiger partial charge on any atom is -0.302 e. The van der Waals surface area contributed by atoms with Crippen molar-refractivity contribution < 1.29 is 8.78 Å². The van der Waals surface area contributed by atoms with E-state index >= 15 is 0 Å². The van der Waals surface area contributed by atoms with Gasteiger partial charge in [-0.05, 0) is 24.1 Å². The number of aromatic amines is 1. The molecule has 126 valence electrons. The fourth-order valence-corrected chi connectivity index (χ4v) is 3.16. The SMILES string of the molecule is CCCSc1nc(Cl)c2[nH]c(=O)n(Cc3ccc(F)c(F)c3)c2n1. The summed E-state index contributed by atoms with van der Waals surface area (Å²) in [4.78, 5) is 23.3. The first-order valence-corrected chi connectivity index (χ1v) is 8.58. The molecule has 0 saturated heterocycles. The maximum Gasteiger partial charge on any atom is 0.328 e. The van der Waals surface area contributed by atoms with Crippen molar-refractivity contribution in [1.82, 2.24) is 19.5 Å². The number of nitrogens with zero attached hydrogens (tertiary/aromatic N) is 3. The van der Waals surface area contributed by atoms with Crippen molar-refractivity contribution in [2.75, 3.05) is 5.75 Å². The molecule has 0 unspecified atom stereocenters. The summed E-state index contributed by atoms with van der Waals surface area (Å²) >= 11 is 7.55. The standard InChI is InChI=1S/C15H13ClF2N4OS/c1-2-5-24-14-20-12(16)11-13(21-14)22(15(23)19-11)7-8-3-4-9(17)10(18)6-8/h3-4,6H,2,5,7H2,1H3,(H,19,23). The smallest absolute Gasteiger partial charge is 0.302 e. The van der Waals surface area contributed by atoms with Crippen molar-refractivity contribution in [3.8, 4) is 0 Å². The van der Waals surface area contributed by atoms with Crippen molar-refractivity contribution in [1.29, 1.82) is 0 Å². The van der Waals surface area contributed by atoms with Crippen LogP contribution >= 0.6 is 23.4 Å². The molecule has 0 fully saturated rings. The molecule has 3 aromatic rings. The Bertz CT molecular complexity index is 957. The first-order valence-electron chi connectivity index (χ1n) is 7.22. The van der Waals surface area contributed by atoms with Crippen molar-refractivity contribution in [2.45, 2.75) is 25.0 Å². The molecule has 9 heteroatoms. The monoisotopic (exact) mass is 370 g/mol. The van der Waals surface area contributed by atoms with Gasteiger partial charge in [0.05, 0.1) is 6.54 Å². The van der Waals surface area contributed by atoms with Gasteiger partial charge in [0.2, 0.25) is 0 Å². The highest BCUT2D eigenvalue weighted by Crippen LogP contribution is 2.23. The summed E-state index contributed by atoms with van der Waals surface area (Å²) < 4.78 is 27.7. The molecule has 0 spiro atoms. The number of halogens is 3. The van der Waals surface area contributed by atoms with Crippen LogP contribution in [0.2, 0.25) is 5.15 Å². The lowest BCUT2D eigenvalue weighted by Gasteiger charge is -2.05. The Hall–Kier alpha value is -1.93. The van der Waals surface area contributed by atoms with E-state index in [1.54, 1.807) is 0 Å². The maximum absolute atomic E-state index is 13.4. The molecule has 2 heterocycles. The van der Waals surface area contributed by atoms with Crippen molar-refractivity contribution in [3.63, 3.8) is 0 Å². The molecule has 24 heavy (non-hydrogen) atoms. The van der Waals surface area contributed by atoms with Crippen LogP contribution in [0.15, 0.2) is 28.2 Å². The lowest BCUT2D eigenvalue weighted by Crippen LogP contribution is -2.18. The van der Waals surface area contributed by atoms with E-state index in [2.05, 4.69) is 15.0 Å². The molecule has 5 nitrogen and oxygen atoms in total. The number of fused-ring (bicyclic) bond motifs is 1. The van der Waals surface area contributed by atoms with E-state index in [-0.39, 0.29) is 11.7 Å². The minimum absolute atomic E-state index is 0.0429. The van der Waals surface area contributed by atoms with Gasteiger partial charge in [0.1, 0.15) is 5.52 Å². The van der Waals surface area contributed by atoms with Gasteiger partial charge in [-0.3, -0.25) is 4.57 Å². The highest BCUT2D eigenvalue weighted by Gasteiger charge is 2.15. The van der Waals surface area contributed by atoms with Crippen LogP contribution in [-0.4, -0.2) is 25.3 Å². The molecule has 1 aromatic carbocycles. The molecular formula is C15H13ClF2N4OS. The Morgan fingerprint density at radius 2 is 2.08 bits per heavy atom. The number of benzene rings is 1. The number of imidazole rings is 1. The summed E-state index contributed by atoms with van der Waals surface area (Å²) in [7, 11) is 0. The molecule has 0 bridgehead atoms. The second-order valence-corrected chi connectivity index (χ2v) is 6.53. The van der Waals surface area contributed by atoms with Gasteiger partial charge in [0.25, 0.3) is 0 Å². The van der Waals surface area contributed by atoms with E-state index in [4.69, 9.17) is 11.6 Å². The molecule has 0 aliphatic heterocycles. The highest BCUT2D eigenvalue weighted by molar-refractivity contribution is 7.99. The summed E-state index contributed by atoms with van der Waals surface area (Å²) in [5, 5.41) is 0.618. The van der Waals surface area contributed by atoms with E-state index in [1.807, 2.05) is 6.92 Å². The Morgan fingerprint density at radius 3 is 2.79 bits per heavy atom. The molecule has 0 saturated carbocycles. The topological polar surface area (TPSA) is 63.6 Å². The fourth-order valence-electron chi connectivity index (χ4n) is 2.20. The van der Waals surface area contributed by atoms with E-state index < -0.39 is 17.3 Å². The molecule has 0 atom stereocenters. The molecule has 0 aliphatic rings. The van der Waals surface area contributed by atoms with Gasteiger partial charge in [0.15, 0.2) is 27.6 Å². The Balaban J connectivity index is 2.05. The summed E-state index contributed by atoms with van der Waals surface area (Å²) in [6, 6.07) is 3.49. The van der Waals surface area contributed by atoms with E-state index in [9.17, 15) is 13.6 Å². The molecule has 3 rings (SSSR count). The number of nitrogens with one attached hydrogen (secondary N) is 1. The van der Waals surface area contributed by atoms with Crippen molar-refractivity contribution in [2.24, 2.45) is 0 Å². The first-order chi connectivity index (χ1) is 11.5. The Kier molecular flexibility index (Phi) is 4.86. The summed E-state index contributed by atoms with van der Waals surface area (Å²) in [6.07, 6.45) is 0.943. The summed E-state index contributed by atoms with van der Waals surface area (Å²) in [5.41, 5.74) is 0.659. The van der Waals surface area contributed by atoms with Crippen LogP contribution in [0.1, 0.15) is 18.9 Å². The van der Waals surface area contributed by atoms with E-state index in [0.29, 0.717) is 21.9 Å². The normalized spacial score (nSPS) is 11.3. The number of hydrogen-bond acceptors (Lipinski definition) is 4. The number of H-pyrrole nitrogens is 1. The lowest BCUT2D eigenvalue weighted by molar-refractivity contribution is 0.506. The van der Waals surface area contributed by atoms with Gasteiger partial charge < -0.3 is 4.98 Å². The average Bonchev–Trinajstić information content (AvgIpc) is 2.86. The number of aromatic nitrogens is 4. The number of hydrogen-bond donors (Lipinski definition) is 1. The van der Waals surface area contributed by atoms with Crippen LogP contribution in [0.3, 0.4) is 0 Å². The zero-order valence-corrected chi connectivity index (χ0v) is 14.2. The minimum atomic E-state index is -0.966. The predicted molar refractivity (Wildman–Crippen MR) is 89.6 cm³/mol. The third kappa shape index (κ3) is 3.29. The first kappa shape index (κ1) is 16.9. The van der Waals surface area contributed by atoms with E-state index in [0.717, 1.165) is 24.3 Å². The third-order valence-electron chi connectivity index (χ3n) is 3.32. The van der Waals surface area contributed by atoms with Crippen LogP contribution in [0.5, 0.6) is 0 Å². The van der Waals surface area contributed by atoms with Crippen LogP contribution in [0.4, 0.5) is 8.78 Å². The van der Waals surface area contributed by atoms with Gasteiger partial charge in [-0.15, -0.1) is 0 Å². The Labute approximate surface area is 145 Å². The van der Waals surface area contributed by atoms with Crippen LogP contribution in [0, 0.1) is 11.6 Å². The maximum atomic E-state index is 13.4. The largest absolute Gasteiger partial charge is 0.328 e. The highest BCUT2D eigenvalue weighted by atomic mass is 35.5. The van der Waals surface area contributed by atoms with Gasteiger partial charge in [-0.25, -0.2) is 23.5 Å². The quantitative estimate of drug-likeness (QED) is 0.423. The van der Waals surface area contributed by atoms with Crippen molar-refractivity contribution >= 4 is 34.5 Å². The molecule has 0 amide bonds. The fraction of sp³-hybridized carbons (Fsp3) is 0.267. The summed E-state index contributed by atoms with van der Waals surface area (Å²) in [6.45, 7) is 2.07. The molecular weight excluding hydrogens is 358 g/mol. The average molecular weight is 371 g/mol. The Morgan fingerprint density at radius 1 is 1.29 bits per heavy atom. The summed E-state index contributed by atoms with van der Waals surface area (Å²) in [5.74, 6) is -1.08. The zero-order chi connectivity index (χ0) is 17.3. The van der Waals surface area contributed by atoms with Gasteiger partial charge >= 0.3 is 5.69 Å². The van der Waals surface area contributed by atoms with Gasteiger partial charge in [-0.2, -0.15) is 0 Å². The predicted octanol–water partition coefficient (Wildman–Crippen LogP) is 3.60. The second kappa shape index (κ2) is 6.90. The number of thioether (sulfide) groups is 1. The molecule has 1 N–H and O–H groups in total. The van der Waals surface area contributed by atoms with Crippen LogP contribution < -0.4 is 5.69 Å². The lowest BCUT2D eigenvalue weighted by atomic mass is 10.2. The van der Waals surface area contributed by atoms with Gasteiger partial charge in [-0.1, -0.05) is 36.4 Å². The third-order valence-corrected chi connectivity index (χ3v) is 4.64. The molecule has 0 radical (unpaired) electrons. The van der Waals surface area contributed by atoms with Gasteiger partial charge in [0, 0.05) is 5.75 Å².